The molecule has 0 saturated carbocycles. The maximum absolute atomic E-state index is 11.8. The van der Waals surface area contributed by atoms with Crippen LogP contribution < -0.4 is 0 Å². The Balaban J connectivity index is 2.90. The molecule has 1 aromatic rings. The molecule has 0 N–H and O–H groups in total. The van der Waals surface area contributed by atoms with Crippen LogP contribution >= 0.6 is 0 Å². The Bertz CT molecular complexity index is 549. The second-order valence-corrected chi connectivity index (χ2v) is 7.51. The standard InChI is InChI=1S/C14H19NO2S/c1-12(10-13-8-6-5-7-9-13)11-15-18(16,17)14(2,3)4/h5-11H,1-4H3/b12-10+,15-11+. The van der Waals surface area contributed by atoms with Crippen LogP contribution in [0.3, 0.4) is 0 Å². The van der Waals surface area contributed by atoms with E-state index in [1.165, 1.54) is 6.21 Å². The first-order valence-corrected chi connectivity index (χ1v) is 7.20. The summed E-state index contributed by atoms with van der Waals surface area (Å²) in [6.45, 7) is 6.73. The molecule has 0 radical (unpaired) electrons. The normalized spacial score (nSPS) is 14.1. The number of allylic oxidation sites excluding steroid dienone is 1. The van der Waals surface area contributed by atoms with Crippen LogP contribution in [-0.2, 0) is 10.0 Å². The summed E-state index contributed by atoms with van der Waals surface area (Å²) in [5, 5.41) is 0. The van der Waals surface area contributed by atoms with E-state index in [1.807, 2.05) is 43.3 Å². The highest BCUT2D eigenvalue weighted by Crippen LogP contribution is 2.17. The molecule has 0 spiro atoms. The molecular formula is C14H19NO2S. The molecule has 0 bridgehead atoms. The van der Waals surface area contributed by atoms with E-state index in [4.69, 9.17) is 0 Å². The van der Waals surface area contributed by atoms with E-state index < -0.39 is 14.8 Å². The zero-order chi connectivity index (χ0) is 13.8. The van der Waals surface area contributed by atoms with Crippen LogP contribution in [0.1, 0.15) is 33.3 Å². The molecule has 0 aliphatic rings. The second kappa shape index (κ2) is 5.48. The Labute approximate surface area is 109 Å². The first-order valence-electron chi connectivity index (χ1n) is 5.75. The summed E-state index contributed by atoms with van der Waals surface area (Å²) in [5.41, 5.74) is 1.82. The monoisotopic (exact) mass is 265 g/mol. The number of hydrogen-bond acceptors (Lipinski definition) is 2. The minimum Gasteiger partial charge on any atom is -0.204 e. The van der Waals surface area contributed by atoms with Crippen molar-refractivity contribution in [3.05, 3.63) is 41.5 Å². The number of sulfonamides is 1. The van der Waals surface area contributed by atoms with Crippen molar-refractivity contribution < 1.29 is 8.42 Å². The van der Waals surface area contributed by atoms with Gasteiger partial charge in [0.25, 0.3) is 10.0 Å². The van der Waals surface area contributed by atoms with Gasteiger partial charge in [0.05, 0.1) is 4.75 Å². The van der Waals surface area contributed by atoms with E-state index >= 15 is 0 Å². The number of rotatable bonds is 3. The van der Waals surface area contributed by atoms with E-state index in [0.29, 0.717) is 0 Å². The van der Waals surface area contributed by atoms with Gasteiger partial charge < -0.3 is 0 Å². The van der Waals surface area contributed by atoms with Gasteiger partial charge in [0, 0.05) is 6.21 Å². The van der Waals surface area contributed by atoms with Gasteiger partial charge in [-0.1, -0.05) is 36.4 Å². The van der Waals surface area contributed by atoms with Crippen molar-refractivity contribution in [2.45, 2.75) is 32.4 Å². The Kier molecular flexibility index (Phi) is 4.46. The number of hydrogen-bond donors (Lipinski definition) is 0. The quantitative estimate of drug-likeness (QED) is 0.787. The van der Waals surface area contributed by atoms with Crippen molar-refractivity contribution in [2.75, 3.05) is 0 Å². The van der Waals surface area contributed by atoms with Gasteiger partial charge in [-0.3, -0.25) is 0 Å². The molecule has 0 unspecified atom stereocenters. The summed E-state index contributed by atoms with van der Waals surface area (Å²) >= 11 is 0. The molecule has 0 atom stereocenters. The van der Waals surface area contributed by atoms with Gasteiger partial charge >= 0.3 is 0 Å². The van der Waals surface area contributed by atoms with Crippen LogP contribution in [0.15, 0.2) is 40.3 Å². The second-order valence-electron chi connectivity index (χ2n) is 5.12. The SMILES string of the molecule is CC(/C=N/S(=O)(=O)C(C)(C)C)=C\c1ccccc1. The van der Waals surface area contributed by atoms with Crippen LogP contribution in [-0.4, -0.2) is 19.4 Å². The van der Waals surface area contributed by atoms with Gasteiger partial charge in [-0.2, -0.15) is 4.40 Å². The Hall–Kier alpha value is -1.42. The van der Waals surface area contributed by atoms with Crippen LogP contribution in [0.4, 0.5) is 0 Å². The predicted molar refractivity (Wildman–Crippen MR) is 77.3 cm³/mol. The van der Waals surface area contributed by atoms with Crippen molar-refractivity contribution in [3.8, 4) is 0 Å². The van der Waals surface area contributed by atoms with E-state index in [9.17, 15) is 8.42 Å². The van der Waals surface area contributed by atoms with Crippen molar-refractivity contribution in [2.24, 2.45) is 4.40 Å². The molecule has 1 aromatic carbocycles. The highest BCUT2D eigenvalue weighted by atomic mass is 32.2. The number of benzene rings is 1. The maximum atomic E-state index is 11.8. The highest BCUT2D eigenvalue weighted by molar-refractivity contribution is 7.91. The summed E-state index contributed by atoms with van der Waals surface area (Å²) in [6, 6.07) is 9.71. The zero-order valence-electron chi connectivity index (χ0n) is 11.2. The lowest BCUT2D eigenvalue weighted by molar-refractivity contribution is 0.562. The highest BCUT2D eigenvalue weighted by Gasteiger charge is 2.27. The molecule has 4 heteroatoms. The first kappa shape index (κ1) is 14.6. The van der Waals surface area contributed by atoms with Crippen LogP contribution in [0.2, 0.25) is 0 Å². The average molecular weight is 265 g/mol. The Morgan fingerprint density at radius 3 is 2.22 bits per heavy atom. The summed E-state index contributed by atoms with van der Waals surface area (Å²) < 4.78 is 26.4. The lowest BCUT2D eigenvalue weighted by atomic mass is 10.1. The fourth-order valence-corrected chi connectivity index (χ4v) is 1.78. The Morgan fingerprint density at radius 2 is 1.72 bits per heavy atom. The first-order chi connectivity index (χ1) is 8.22. The number of nitrogens with zero attached hydrogens (tertiary/aromatic N) is 1. The molecule has 18 heavy (non-hydrogen) atoms. The zero-order valence-corrected chi connectivity index (χ0v) is 12.0. The van der Waals surface area contributed by atoms with Crippen molar-refractivity contribution in [1.82, 2.24) is 0 Å². The van der Waals surface area contributed by atoms with Gasteiger partial charge in [-0.25, -0.2) is 8.42 Å². The third-order valence-corrected chi connectivity index (χ3v) is 4.29. The van der Waals surface area contributed by atoms with Gasteiger partial charge in [0.15, 0.2) is 0 Å². The third kappa shape index (κ3) is 4.11. The van der Waals surface area contributed by atoms with Crippen molar-refractivity contribution in [3.63, 3.8) is 0 Å². The van der Waals surface area contributed by atoms with E-state index in [2.05, 4.69) is 4.40 Å². The van der Waals surface area contributed by atoms with Gasteiger partial charge in [-0.15, -0.1) is 0 Å². The van der Waals surface area contributed by atoms with Crippen molar-refractivity contribution in [1.29, 1.82) is 0 Å². The molecule has 0 aromatic heterocycles. The topological polar surface area (TPSA) is 46.5 Å². The summed E-state index contributed by atoms with van der Waals surface area (Å²) in [4.78, 5) is 0. The minimum atomic E-state index is -3.46. The predicted octanol–water partition coefficient (Wildman–Crippen LogP) is 3.29. The van der Waals surface area contributed by atoms with E-state index in [1.54, 1.807) is 20.8 Å². The lowest BCUT2D eigenvalue weighted by Crippen LogP contribution is -2.25. The minimum absolute atomic E-state index is 0.800. The van der Waals surface area contributed by atoms with Crippen LogP contribution in [0.5, 0.6) is 0 Å². The smallest absolute Gasteiger partial charge is 0.204 e. The molecule has 1 rings (SSSR count). The van der Waals surface area contributed by atoms with Gasteiger partial charge in [-0.05, 0) is 38.8 Å². The molecule has 0 aliphatic carbocycles. The van der Waals surface area contributed by atoms with Gasteiger partial charge in [0.2, 0.25) is 0 Å². The molecule has 0 saturated heterocycles. The summed E-state index contributed by atoms with van der Waals surface area (Å²) in [6.07, 6.45) is 3.29. The molecular weight excluding hydrogens is 246 g/mol. The molecule has 0 heterocycles. The molecule has 3 nitrogen and oxygen atoms in total. The van der Waals surface area contributed by atoms with E-state index in [0.717, 1.165) is 11.1 Å². The van der Waals surface area contributed by atoms with Crippen molar-refractivity contribution >= 4 is 22.3 Å². The Morgan fingerprint density at radius 1 is 1.17 bits per heavy atom. The van der Waals surface area contributed by atoms with Crippen LogP contribution in [0, 0.1) is 0 Å². The fourth-order valence-electron chi connectivity index (χ4n) is 1.16. The third-order valence-electron chi connectivity index (χ3n) is 2.36. The molecule has 0 fully saturated rings. The average Bonchev–Trinajstić information content (AvgIpc) is 2.26. The van der Waals surface area contributed by atoms with E-state index in [-0.39, 0.29) is 0 Å². The molecule has 0 amide bonds. The summed E-state index contributed by atoms with van der Waals surface area (Å²) in [5.74, 6) is 0. The maximum Gasteiger partial charge on any atom is 0.258 e. The fraction of sp³-hybridized carbons (Fsp3) is 0.357. The lowest BCUT2D eigenvalue weighted by Gasteiger charge is -2.14. The van der Waals surface area contributed by atoms with Crippen LogP contribution in [0.25, 0.3) is 6.08 Å². The molecule has 0 aliphatic heterocycles. The summed E-state index contributed by atoms with van der Waals surface area (Å²) in [7, 11) is -3.46. The molecule has 98 valence electrons. The van der Waals surface area contributed by atoms with Gasteiger partial charge in [0.1, 0.15) is 0 Å². The largest absolute Gasteiger partial charge is 0.258 e.